The number of carboxylic acids is 1. The average molecular weight is 314 g/mol. The van der Waals surface area contributed by atoms with E-state index in [0.717, 1.165) is 0 Å². The molecule has 2 aromatic rings. The highest BCUT2D eigenvalue weighted by molar-refractivity contribution is 6.42. The first-order chi connectivity index (χ1) is 9.50. The maximum Gasteiger partial charge on any atom is 0.330 e. The van der Waals surface area contributed by atoms with Crippen LogP contribution in [0.1, 0.15) is 11.6 Å². The molecule has 3 nitrogen and oxygen atoms in total. The van der Waals surface area contributed by atoms with Gasteiger partial charge in [-0.1, -0.05) is 47.5 Å². The van der Waals surface area contributed by atoms with E-state index in [0.29, 0.717) is 0 Å². The molecule has 0 aliphatic heterocycles. The Morgan fingerprint density at radius 2 is 1.85 bits per heavy atom. The van der Waals surface area contributed by atoms with Crippen molar-refractivity contribution in [3.8, 4) is 0 Å². The highest BCUT2D eigenvalue weighted by atomic mass is 35.5. The van der Waals surface area contributed by atoms with Crippen LogP contribution in [0.15, 0.2) is 42.5 Å². The molecule has 0 amide bonds. The molecular formula is C14H10Cl2FNO2. The van der Waals surface area contributed by atoms with Crippen LogP contribution in [0.4, 0.5) is 10.1 Å². The smallest absolute Gasteiger partial charge is 0.330 e. The zero-order chi connectivity index (χ0) is 14.7. The number of hydrogen-bond donors (Lipinski definition) is 2. The fourth-order valence-corrected chi connectivity index (χ4v) is 2.17. The van der Waals surface area contributed by atoms with Gasteiger partial charge >= 0.3 is 5.97 Å². The van der Waals surface area contributed by atoms with Gasteiger partial charge in [-0.05, 0) is 18.2 Å². The summed E-state index contributed by atoms with van der Waals surface area (Å²) in [6, 6.07) is 9.27. The highest BCUT2D eigenvalue weighted by Crippen LogP contribution is 2.32. The van der Waals surface area contributed by atoms with Gasteiger partial charge < -0.3 is 10.4 Å². The van der Waals surface area contributed by atoms with Gasteiger partial charge in [-0.25, -0.2) is 9.18 Å². The Morgan fingerprint density at radius 1 is 1.15 bits per heavy atom. The van der Waals surface area contributed by atoms with Crippen LogP contribution in [-0.2, 0) is 4.79 Å². The quantitative estimate of drug-likeness (QED) is 0.881. The number of hydrogen-bond acceptors (Lipinski definition) is 2. The van der Waals surface area contributed by atoms with E-state index in [2.05, 4.69) is 5.32 Å². The third-order valence-corrected chi connectivity index (χ3v) is 3.55. The number of para-hydroxylation sites is 1. The van der Waals surface area contributed by atoms with Crippen molar-refractivity contribution in [3.63, 3.8) is 0 Å². The topological polar surface area (TPSA) is 49.3 Å². The van der Waals surface area contributed by atoms with E-state index in [4.69, 9.17) is 23.2 Å². The largest absolute Gasteiger partial charge is 0.479 e. The first-order valence-corrected chi connectivity index (χ1v) is 6.44. The number of rotatable bonds is 4. The van der Waals surface area contributed by atoms with Gasteiger partial charge in [0.25, 0.3) is 0 Å². The van der Waals surface area contributed by atoms with Crippen molar-refractivity contribution < 1.29 is 14.3 Å². The second-order valence-electron chi connectivity index (χ2n) is 4.04. The molecule has 2 N–H and O–H groups in total. The highest BCUT2D eigenvalue weighted by Gasteiger charge is 2.24. The lowest BCUT2D eigenvalue weighted by atomic mass is 10.1. The van der Waals surface area contributed by atoms with Gasteiger partial charge in [0.1, 0.15) is 5.82 Å². The van der Waals surface area contributed by atoms with Gasteiger partial charge in [-0.3, -0.25) is 0 Å². The third-order valence-electron chi connectivity index (χ3n) is 2.71. The Morgan fingerprint density at radius 3 is 2.50 bits per heavy atom. The summed E-state index contributed by atoms with van der Waals surface area (Å²) in [5, 5.41) is 12.3. The van der Waals surface area contributed by atoms with E-state index < -0.39 is 17.8 Å². The van der Waals surface area contributed by atoms with Crippen LogP contribution in [0, 0.1) is 5.82 Å². The Labute approximate surface area is 124 Å². The predicted molar refractivity (Wildman–Crippen MR) is 76.9 cm³/mol. The van der Waals surface area contributed by atoms with E-state index in [-0.39, 0.29) is 21.3 Å². The molecule has 0 radical (unpaired) electrons. The van der Waals surface area contributed by atoms with Crippen molar-refractivity contribution in [1.29, 1.82) is 0 Å². The minimum atomic E-state index is -1.20. The van der Waals surface area contributed by atoms with Gasteiger partial charge in [0, 0.05) is 5.56 Å². The molecule has 2 aromatic carbocycles. The van der Waals surface area contributed by atoms with Crippen molar-refractivity contribution in [2.45, 2.75) is 6.04 Å². The van der Waals surface area contributed by atoms with E-state index in [1.807, 2.05) is 0 Å². The van der Waals surface area contributed by atoms with Gasteiger partial charge in [-0.15, -0.1) is 0 Å². The second kappa shape index (κ2) is 6.11. The van der Waals surface area contributed by atoms with Crippen molar-refractivity contribution in [2.75, 3.05) is 5.32 Å². The molecule has 104 valence electrons. The molecule has 0 saturated carbocycles. The number of halogens is 3. The minimum Gasteiger partial charge on any atom is -0.479 e. The maximum absolute atomic E-state index is 13.6. The average Bonchev–Trinajstić information content (AvgIpc) is 2.41. The summed E-state index contributed by atoms with van der Waals surface area (Å²) in [5.74, 6) is -1.73. The molecule has 6 heteroatoms. The first-order valence-electron chi connectivity index (χ1n) is 5.68. The molecule has 0 fully saturated rings. The normalized spacial score (nSPS) is 11.9. The molecule has 0 aliphatic carbocycles. The lowest BCUT2D eigenvalue weighted by Gasteiger charge is -2.18. The zero-order valence-corrected chi connectivity index (χ0v) is 11.6. The SMILES string of the molecule is O=C(O)C(Nc1ccccc1F)c1cccc(Cl)c1Cl. The summed E-state index contributed by atoms with van der Waals surface area (Å²) >= 11 is 11.9. The number of carboxylic acid groups (broad SMARTS) is 1. The summed E-state index contributed by atoms with van der Waals surface area (Å²) in [4.78, 5) is 11.4. The Balaban J connectivity index is 2.40. The summed E-state index contributed by atoms with van der Waals surface area (Å²) in [6.45, 7) is 0. The van der Waals surface area contributed by atoms with Crippen LogP contribution in [0.2, 0.25) is 10.0 Å². The molecule has 0 aromatic heterocycles. The van der Waals surface area contributed by atoms with Crippen molar-refractivity contribution >= 4 is 34.9 Å². The molecule has 2 rings (SSSR count). The Bertz CT molecular complexity index is 649. The molecule has 1 unspecified atom stereocenters. The molecule has 0 bridgehead atoms. The van der Waals surface area contributed by atoms with Crippen molar-refractivity contribution in [3.05, 3.63) is 63.9 Å². The number of benzene rings is 2. The number of carbonyl (C=O) groups is 1. The predicted octanol–water partition coefficient (Wildman–Crippen LogP) is 4.37. The summed E-state index contributed by atoms with van der Waals surface area (Å²) in [6.07, 6.45) is 0. The van der Waals surface area contributed by atoms with E-state index in [1.165, 1.54) is 24.3 Å². The van der Waals surface area contributed by atoms with Crippen LogP contribution < -0.4 is 5.32 Å². The molecule has 0 heterocycles. The van der Waals surface area contributed by atoms with E-state index in [1.54, 1.807) is 18.2 Å². The van der Waals surface area contributed by atoms with Gasteiger partial charge in [0.15, 0.2) is 6.04 Å². The fourth-order valence-electron chi connectivity index (χ4n) is 1.75. The van der Waals surface area contributed by atoms with Gasteiger partial charge in [0.2, 0.25) is 0 Å². The number of aliphatic carboxylic acids is 1. The van der Waals surface area contributed by atoms with Crippen LogP contribution in [-0.4, -0.2) is 11.1 Å². The van der Waals surface area contributed by atoms with Crippen LogP contribution in [0.25, 0.3) is 0 Å². The molecule has 1 atom stereocenters. The van der Waals surface area contributed by atoms with Gasteiger partial charge in [-0.2, -0.15) is 0 Å². The van der Waals surface area contributed by atoms with Crippen LogP contribution in [0.3, 0.4) is 0 Å². The summed E-state index contributed by atoms with van der Waals surface area (Å²) < 4.78 is 13.6. The lowest BCUT2D eigenvalue weighted by molar-refractivity contribution is -0.138. The minimum absolute atomic E-state index is 0.0796. The first kappa shape index (κ1) is 14.6. The van der Waals surface area contributed by atoms with Crippen LogP contribution >= 0.6 is 23.2 Å². The third kappa shape index (κ3) is 3.03. The summed E-state index contributed by atoms with van der Waals surface area (Å²) in [7, 11) is 0. The van der Waals surface area contributed by atoms with Crippen molar-refractivity contribution in [1.82, 2.24) is 0 Å². The van der Waals surface area contributed by atoms with Crippen molar-refractivity contribution in [2.24, 2.45) is 0 Å². The van der Waals surface area contributed by atoms with Crippen LogP contribution in [0.5, 0.6) is 0 Å². The molecule has 0 aliphatic rings. The molecular weight excluding hydrogens is 304 g/mol. The molecule has 0 saturated heterocycles. The Hall–Kier alpha value is -1.78. The number of nitrogens with one attached hydrogen (secondary N) is 1. The maximum atomic E-state index is 13.6. The fraction of sp³-hybridized carbons (Fsp3) is 0.0714. The van der Waals surface area contributed by atoms with E-state index in [9.17, 15) is 14.3 Å². The second-order valence-corrected chi connectivity index (χ2v) is 4.82. The zero-order valence-electron chi connectivity index (χ0n) is 10.1. The molecule has 0 spiro atoms. The lowest BCUT2D eigenvalue weighted by Crippen LogP contribution is -2.21. The number of anilines is 1. The standard InChI is InChI=1S/C14H10Cl2FNO2/c15-9-5-3-4-8(12(9)16)13(14(19)20)18-11-7-2-1-6-10(11)17/h1-7,13,18H,(H,19,20). The molecule has 20 heavy (non-hydrogen) atoms. The monoisotopic (exact) mass is 313 g/mol. The Kier molecular flexibility index (Phi) is 4.47. The summed E-state index contributed by atoms with van der Waals surface area (Å²) in [5.41, 5.74) is 0.353. The van der Waals surface area contributed by atoms with E-state index >= 15 is 0 Å². The van der Waals surface area contributed by atoms with Gasteiger partial charge in [0.05, 0.1) is 15.7 Å².